The number of rotatable bonds is 6. The molecule has 0 saturated heterocycles. The summed E-state index contributed by atoms with van der Waals surface area (Å²) in [5.41, 5.74) is 1.79. The summed E-state index contributed by atoms with van der Waals surface area (Å²) < 4.78 is 0. The van der Waals surface area contributed by atoms with Gasteiger partial charge in [0, 0.05) is 35.8 Å². The molecule has 1 aromatic carbocycles. The predicted molar refractivity (Wildman–Crippen MR) is 74.1 cm³/mol. The number of benzene rings is 1. The van der Waals surface area contributed by atoms with Crippen molar-refractivity contribution in [1.29, 1.82) is 0 Å². The minimum absolute atomic E-state index is 0.158. The van der Waals surface area contributed by atoms with Gasteiger partial charge >= 0.3 is 0 Å². The van der Waals surface area contributed by atoms with Crippen molar-refractivity contribution < 1.29 is 4.79 Å². The first-order chi connectivity index (χ1) is 8.72. The number of hydrogen-bond acceptors (Lipinski definition) is 3. The monoisotopic (exact) mass is 245 g/mol. The van der Waals surface area contributed by atoms with E-state index in [0.29, 0.717) is 6.54 Å². The number of Topliss-reactive ketones (excluding diaryl/α,β-unsaturated/α-hetero) is 1. The maximum atomic E-state index is 12.2. The summed E-state index contributed by atoms with van der Waals surface area (Å²) in [6, 6.07) is 7.88. The number of carbonyl (C=O) groups is 1. The SMILES string of the molecule is CNCCN(C)CC(=O)c1c[nH]c2ccccc12. The summed E-state index contributed by atoms with van der Waals surface area (Å²) in [7, 11) is 3.87. The molecule has 2 rings (SSSR count). The first kappa shape index (κ1) is 12.8. The third-order valence-electron chi connectivity index (χ3n) is 3.05. The molecule has 0 spiro atoms. The van der Waals surface area contributed by atoms with Crippen LogP contribution in [0.25, 0.3) is 10.9 Å². The fraction of sp³-hybridized carbons (Fsp3) is 0.357. The first-order valence-corrected chi connectivity index (χ1v) is 6.15. The minimum Gasteiger partial charge on any atom is -0.360 e. The largest absolute Gasteiger partial charge is 0.360 e. The third kappa shape index (κ3) is 2.78. The summed E-state index contributed by atoms with van der Waals surface area (Å²) in [5.74, 6) is 0.158. The highest BCUT2D eigenvalue weighted by Crippen LogP contribution is 2.18. The third-order valence-corrected chi connectivity index (χ3v) is 3.05. The van der Waals surface area contributed by atoms with E-state index in [1.54, 1.807) is 6.20 Å². The second-order valence-electron chi connectivity index (χ2n) is 4.51. The van der Waals surface area contributed by atoms with Crippen LogP contribution < -0.4 is 5.32 Å². The van der Waals surface area contributed by atoms with E-state index in [-0.39, 0.29) is 5.78 Å². The second-order valence-corrected chi connectivity index (χ2v) is 4.51. The topological polar surface area (TPSA) is 48.1 Å². The number of H-pyrrole nitrogens is 1. The Hall–Kier alpha value is -1.65. The lowest BCUT2D eigenvalue weighted by atomic mass is 10.1. The molecule has 0 aliphatic carbocycles. The van der Waals surface area contributed by atoms with E-state index >= 15 is 0 Å². The van der Waals surface area contributed by atoms with Crippen LogP contribution in [0.3, 0.4) is 0 Å². The molecule has 0 unspecified atom stereocenters. The van der Waals surface area contributed by atoms with Gasteiger partial charge < -0.3 is 10.3 Å². The fourth-order valence-electron chi connectivity index (χ4n) is 2.01. The molecule has 1 heterocycles. The van der Waals surface area contributed by atoms with Gasteiger partial charge in [-0.1, -0.05) is 18.2 Å². The molecule has 0 radical (unpaired) electrons. The number of aromatic amines is 1. The van der Waals surface area contributed by atoms with Crippen LogP contribution in [-0.2, 0) is 0 Å². The fourth-order valence-corrected chi connectivity index (χ4v) is 2.01. The zero-order chi connectivity index (χ0) is 13.0. The molecule has 4 heteroatoms. The lowest BCUT2D eigenvalue weighted by molar-refractivity contribution is 0.0948. The summed E-state index contributed by atoms with van der Waals surface area (Å²) >= 11 is 0. The van der Waals surface area contributed by atoms with Gasteiger partial charge in [0.05, 0.1) is 6.54 Å². The van der Waals surface area contributed by atoms with E-state index in [0.717, 1.165) is 29.6 Å². The molecule has 0 bridgehead atoms. The van der Waals surface area contributed by atoms with Crippen LogP contribution in [0.15, 0.2) is 30.5 Å². The summed E-state index contributed by atoms with van der Waals surface area (Å²) in [6.07, 6.45) is 1.80. The Kier molecular flexibility index (Phi) is 4.12. The number of para-hydroxylation sites is 1. The molecular formula is C14H19N3O. The van der Waals surface area contributed by atoms with E-state index in [9.17, 15) is 4.79 Å². The number of likely N-dealkylation sites (N-methyl/N-ethyl adjacent to an activating group) is 2. The molecular weight excluding hydrogens is 226 g/mol. The Morgan fingerprint density at radius 1 is 1.39 bits per heavy atom. The van der Waals surface area contributed by atoms with E-state index < -0.39 is 0 Å². The second kappa shape index (κ2) is 5.80. The Morgan fingerprint density at radius 2 is 2.17 bits per heavy atom. The van der Waals surface area contributed by atoms with Crippen molar-refractivity contribution in [3.05, 3.63) is 36.0 Å². The molecule has 0 atom stereocenters. The maximum Gasteiger partial charge on any atom is 0.178 e. The molecule has 0 amide bonds. The van der Waals surface area contributed by atoms with E-state index in [1.165, 1.54) is 0 Å². The molecule has 0 saturated carbocycles. The van der Waals surface area contributed by atoms with Crippen LogP contribution in [0, 0.1) is 0 Å². The smallest absolute Gasteiger partial charge is 0.178 e. The number of nitrogens with one attached hydrogen (secondary N) is 2. The van der Waals surface area contributed by atoms with Crippen molar-refractivity contribution in [2.75, 3.05) is 33.7 Å². The Balaban J connectivity index is 2.09. The molecule has 0 aliphatic rings. The number of aromatic nitrogens is 1. The average Bonchev–Trinajstić information content (AvgIpc) is 2.80. The molecule has 1 aromatic heterocycles. The number of nitrogens with zero attached hydrogens (tertiary/aromatic N) is 1. The van der Waals surface area contributed by atoms with Gasteiger partial charge in [0.2, 0.25) is 0 Å². The molecule has 2 N–H and O–H groups in total. The van der Waals surface area contributed by atoms with E-state index in [4.69, 9.17) is 0 Å². The normalized spacial score (nSPS) is 11.3. The van der Waals surface area contributed by atoms with E-state index in [2.05, 4.69) is 10.3 Å². The van der Waals surface area contributed by atoms with Gasteiger partial charge in [-0.05, 0) is 20.2 Å². The number of hydrogen-bond donors (Lipinski definition) is 2. The van der Waals surface area contributed by atoms with Gasteiger partial charge in [-0.15, -0.1) is 0 Å². The highest BCUT2D eigenvalue weighted by Gasteiger charge is 2.13. The van der Waals surface area contributed by atoms with Gasteiger partial charge in [0.25, 0.3) is 0 Å². The lowest BCUT2D eigenvalue weighted by Gasteiger charge is -2.14. The van der Waals surface area contributed by atoms with Crippen LogP contribution >= 0.6 is 0 Å². The number of ketones is 1. The molecule has 0 fully saturated rings. The average molecular weight is 245 g/mol. The predicted octanol–water partition coefficient (Wildman–Crippen LogP) is 1.50. The molecule has 0 aliphatic heterocycles. The van der Waals surface area contributed by atoms with Gasteiger partial charge in [-0.3, -0.25) is 9.69 Å². The van der Waals surface area contributed by atoms with Crippen molar-refractivity contribution in [2.45, 2.75) is 0 Å². The highest BCUT2D eigenvalue weighted by molar-refractivity contribution is 6.08. The van der Waals surface area contributed by atoms with Crippen molar-refractivity contribution in [3.8, 4) is 0 Å². The molecule has 2 aromatic rings. The lowest BCUT2D eigenvalue weighted by Crippen LogP contribution is -2.31. The zero-order valence-electron chi connectivity index (χ0n) is 10.9. The van der Waals surface area contributed by atoms with E-state index in [1.807, 2.05) is 43.3 Å². The van der Waals surface area contributed by atoms with Gasteiger partial charge in [0.15, 0.2) is 5.78 Å². The molecule has 96 valence electrons. The summed E-state index contributed by atoms with van der Waals surface area (Å²) in [6.45, 7) is 2.20. The molecule has 18 heavy (non-hydrogen) atoms. The summed E-state index contributed by atoms with van der Waals surface area (Å²) in [4.78, 5) is 17.4. The summed E-state index contributed by atoms with van der Waals surface area (Å²) in [5, 5.41) is 4.08. The van der Waals surface area contributed by atoms with Crippen LogP contribution in [0.4, 0.5) is 0 Å². The van der Waals surface area contributed by atoms with Crippen molar-refractivity contribution in [3.63, 3.8) is 0 Å². The van der Waals surface area contributed by atoms with Gasteiger partial charge in [-0.2, -0.15) is 0 Å². The van der Waals surface area contributed by atoms with Crippen molar-refractivity contribution in [2.24, 2.45) is 0 Å². The Labute approximate surface area is 107 Å². The number of fused-ring (bicyclic) bond motifs is 1. The van der Waals surface area contributed by atoms with Gasteiger partial charge in [0.1, 0.15) is 0 Å². The van der Waals surface area contributed by atoms with Crippen molar-refractivity contribution >= 4 is 16.7 Å². The Bertz CT molecular complexity index is 533. The quantitative estimate of drug-likeness (QED) is 0.758. The standard InChI is InChI=1S/C14H19N3O/c1-15-7-8-17(2)10-14(18)12-9-16-13-6-4-3-5-11(12)13/h3-6,9,15-16H,7-8,10H2,1-2H3. The Morgan fingerprint density at radius 3 is 2.94 bits per heavy atom. The first-order valence-electron chi connectivity index (χ1n) is 6.15. The van der Waals surface area contributed by atoms with Crippen LogP contribution in [0.1, 0.15) is 10.4 Å². The number of carbonyl (C=O) groups excluding carboxylic acids is 1. The van der Waals surface area contributed by atoms with Gasteiger partial charge in [-0.25, -0.2) is 0 Å². The van der Waals surface area contributed by atoms with Crippen LogP contribution in [0.2, 0.25) is 0 Å². The maximum absolute atomic E-state index is 12.2. The van der Waals surface area contributed by atoms with Crippen LogP contribution in [0.5, 0.6) is 0 Å². The molecule has 4 nitrogen and oxygen atoms in total. The highest BCUT2D eigenvalue weighted by atomic mass is 16.1. The van der Waals surface area contributed by atoms with Crippen molar-refractivity contribution in [1.82, 2.24) is 15.2 Å². The minimum atomic E-state index is 0.158. The van der Waals surface area contributed by atoms with Crippen LogP contribution in [-0.4, -0.2) is 49.4 Å². The zero-order valence-corrected chi connectivity index (χ0v) is 10.9.